The highest BCUT2D eigenvalue weighted by molar-refractivity contribution is 7.92. The van der Waals surface area contributed by atoms with E-state index >= 15 is 0 Å². The summed E-state index contributed by atoms with van der Waals surface area (Å²) in [7, 11) is -3.55. The highest BCUT2D eigenvalue weighted by atomic mass is 35.5. The first kappa shape index (κ1) is 29.6. The minimum Gasteiger partial charge on any atom is -0.354 e. The number of nitrogens with one attached hydrogen (secondary N) is 1. The number of benzene rings is 2. The number of rotatable bonds is 13. The Kier molecular flexibility index (Phi) is 11.2. The molecule has 2 aromatic rings. The van der Waals surface area contributed by atoms with Gasteiger partial charge in [-0.2, -0.15) is 0 Å². The summed E-state index contributed by atoms with van der Waals surface area (Å²) in [5.41, 5.74) is 2.50. The maximum absolute atomic E-state index is 13.5. The van der Waals surface area contributed by atoms with Crippen LogP contribution in [-0.2, 0) is 26.2 Å². The minimum absolute atomic E-state index is 0.111. The second-order valence-electron chi connectivity index (χ2n) is 9.43. The Bertz CT molecular complexity index is 1120. The molecule has 0 saturated carbocycles. The monoisotopic (exact) mass is 535 g/mol. The average molecular weight is 536 g/mol. The first-order valence-corrected chi connectivity index (χ1v) is 14.5. The predicted molar refractivity (Wildman–Crippen MR) is 147 cm³/mol. The topological polar surface area (TPSA) is 86.8 Å². The van der Waals surface area contributed by atoms with Crippen molar-refractivity contribution in [1.29, 1.82) is 0 Å². The number of carbonyl (C=O) groups excluding carboxylic acids is 2. The maximum atomic E-state index is 13.5. The van der Waals surface area contributed by atoms with E-state index in [1.54, 1.807) is 29.2 Å². The third kappa shape index (κ3) is 8.82. The molecule has 198 valence electrons. The third-order valence-corrected chi connectivity index (χ3v) is 7.39. The standard InChI is InChI=1S/C27H38ClN3O4S/c1-6-25(27(33)29-18-20(2)3)30(19-22-11-8-7-10-21(22)4)26(32)12-9-17-31(36(5,34)35)24-15-13-23(28)14-16-24/h7-8,10-11,13-16,20,25H,6,9,12,17-19H2,1-5H3,(H,29,33)/t25-/m0/s1. The van der Waals surface area contributed by atoms with Crippen molar-refractivity contribution in [1.82, 2.24) is 10.2 Å². The second kappa shape index (κ2) is 13.7. The zero-order valence-corrected chi connectivity index (χ0v) is 23.4. The lowest BCUT2D eigenvalue weighted by atomic mass is 10.0. The smallest absolute Gasteiger partial charge is 0.242 e. The van der Waals surface area contributed by atoms with Crippen molar-refractivity contribution in [3.8, 4) is 0 Å². The van der Waals surface area contributed by atoms with Gasteiger partial charge in [0.15, 0.2) is 0 Å². The molecule has 9 heteroatoms. The van der Waals surface area contributed by atoms with E-state index in [0.717, 1.165) is 17.4 Å². The van der Waals surface area contributed by atoms with Gasteiger partial charge in [0.2, 0.25) is 21.8 Å². The zero-order valence-electron chi connectivity index (χ0n) is 21.8. The van der Waals surface area contributed by atoms with Gasteiger partial charge >= 0.3 is 0 Å². The van der Waals surface area contributed by atoms with Crippen LogP contribution in [0.3, 0.4) is 0 Å². The van der Waals surface area contributed by atoms with Gasteiger partial charge in [-0.1, -0.05) is 56.6 Å². The Labute approximate surface area is 220 Å². The Morgan fingerprint density at radius 2 is 1.69 bits per heavy atom. The Morgan fingerprint density at radius 1 is 1.06 bits per heavy atom. The molecule has 0 aliphatic carbocycles. The molecule has 1 atom stereocenters. The number of aryl methyl sites for hydroxylation is 1. The van der Waals surface area contributed by atoms with Gasteiger partial charge in [-0.3, -0.25) is 13.9 Å². The largest absolute Gasteiger partial charge is 0.354 e. The third-order valence-electron chi connectivity index (χ3n) is 5.94. The van der Waals surface area contributed by atoms with Crippen LogP contribution in [0, 0.1) is 12.8 Å². The van der Waals surface area contributed by atoms with Crippen LogP contribution < -0.4 is 9.62 Å². The molecule has 7 nitrogen and oxygen atoms in total. The van der Waals surface area contributed by atoms with Crippen LogP contribution in [-0.4, -0.2) is 50.5 Å². The molecule has 36 heavy (non-hydrogen) atoms. The van der Waals surface area contributed by atoms with E-state index in [1.165, 1.54) is 4.31 Å². The highest BCUT2D eigenvalue weighted by Crippen LogP contribution is 2.22. The number of anilines is 1. The summed E-state index contributed by atoms with van der Waals surface area (Å²) in [6.07, 6.45) is 2.03. The molecule has 2 amide bonds. The van der Waals surface area contributed by atoms with E-state index in [9.17, 15) is 18.0 Å². The summed E-state index contributed by atoms with van der Waals surface area (Å²) in [6, 6.07) is 13.7. The molecule has 0 spiro atoms. The fraction of sp³-hybridized carbons (Fsp3) is 0.481. The van der Waals surface area contributed by atoms with Gasteiger partial charge in [0.1, 0.15) is 6.04 Å². The summed E-state index contributed by atoms with van der Waals surface area (Å²) in [5, 5.41) is 3.47. The molecule has 2 rings (SSSR count). The van der Waals surface area contributed by atoms with E-state index in [1.807, 2.05) is 52.0 Å². The lowest BCUT2D eigenvalue weighted by molar-refractivity contribution is -0.141. The molecule has 0 fully saturated rings. The van der Waals surface area contributed by atoms with Gasteiger partial charge in [-0.25, -0.2) is 8.42 Å². The van der Waals surface area contributed by atoms with E-state index < -0.39 is 16.1 Å². The van der Waals surface area contributed by atoms with Crippen molar-refractivity contribution in [2.24, 2.45) is 5.92 Å². The number of carbonyl (C=O) groups is 2. The molecule has 0 unspecified atom stereocenters. The normalized spacial score (nSPS) is 12.3. The van der Waals surface area contributed by atoms with Gasteiger partial charge in [0.05, 0.1) is 11.9 Å². The highest BCUT2D eigenvalue weighted by Gasteiger charge is 2.29. The number of halogens is 1. The molecule has 0 aromatic heterocycles. The van der Waals surface area contributed by atoms with Gasteiger partial charge in [0, 0.05) is 31.1 Å². The SMILES string of the molecule is CC[C@@H](C(=O)NCC(C)C)N(Cc1ccccc1C)C(=O)CCCN(c1ccc(Cl)cc1)S(C)(=O)=O. The molecule has 2 aromatic carbocycles. The van der Waals surface area contributed by atoms with Crippen LogP contribution in [0.1, 0.15) is 51.2 Å². The molecule has 0 bridgehead atoms. The van der Waals surface area contributed by atoms with Crippen LogP contribution in [0.5, 0.6) is 0 Å². The molecular formula is C27H38ClN3O4S. The van der Waals surface area contributed by atoms with Crippen LogP contribution in [0.4, 0.5) is 5.69 Å². The predicted octanol–water partition coefficient (Wildman–Crippen LogP) is 4.77. The molecule has 1 N–H and O–H groups in total. The lowest BCUT2D eigenvalue weighted by Gasteiger charge is -2.31. The van der Waals surface area contributed by atoms with Gasteiger partial charge in [-0.05, 0) is 61.1 Å². The number of sulfonamides is 1. The molecule has 0 radical (unpaired) electrons. The molecule has 0 saturated heterocycles. The van der Waals surface area contributed by atoms with Crippen LogP contribution in [0.15, 0.2) is 48.5 Å². The van der Waals surface area contributed by atoms with Crippen molar-refractivity contribution in [2.45, 2.75) is 59.5 Å². The number of amides is 2. The van der Waals surface area contributed by atoms with Crippen LogP contribution in [0.2, 0.25) is 5.02 Å². The molecular weight excluding hydrogens is 498 g/mol. The fourth-order valence-corrected chi connectivity index (χ4v) is 5.02. The fourth-order valence-electron chi connectivity index (χ4n) is 3.92. The van der Waals surface area contributed by atoms with E-state index in [2.05, 4.69) is 5.32 Å². The number of nitrogens with zero attached hydrogens (tertiary/aromatic N) is 2. The quantitative estimate of drug-likeness (QED) is 0.400. The van der Waals surface area contributed by atoms with Crippen molar-refractivity contribution in [3.63, 3.8) is 0 Å². The summed E-state index contributed by atoms with van der Waals surface area (Å²) < 4.78 is 26.1. The maximum Gasteiger partial charge on any atom is 0.242 e. The summed E-state index contributed by atoms with van der Waals surface area (Å²) in [5.74, 6) is -0.0664. The van der Waals surface area contributed by atoms with Gasteiger partial charge < -0.3 is 10.2 Å². The van der Waals surface area contributed by atoms with E-state index in [4.69, 9.17) is 11.6 Å². The molecule has 0 aliphatic heterocycles. The lowest BCUT2D eigenvalue weighted by Crippen LogP contribution is -2.49. The van der Waals surface area contributed by atoms with Crippen molar-refractivity contribution >= 4 is 39.1 Å². The second-order valence-corrected chi connectivity index (χ2v) is 11.8. The summed E-state index contributed by atoms with van der Waals surface area (Å²) >= 11 is 5.95. The Balaban J connectivity index is 2.21. The first-order valence-electron chi connectivity index (χ1n) is 12.3. The van der Waals surface area contributed by atoms with Crippen LogP contribution in [0.25, 0.3) is 0 Å². The molecule has 0 heterocycles. The van der Waals surface area contributed by atoms with Gasteiger partial charge in [-0.15, -0.1) is 0 Å². The van der Waals surface area contributed by atoms with E-state index in [-0.39, 0.29) is 24.8 Å². The summed E-state index contributed by atoms with van der Waals surface area (Å²) in [4.78, 5) is 28.1. The average Bonchev–Trinajstić information content (AvgIpc) is 2.81. The van der Waals surface area contributed by atoms with Crippen molar-refractivity contribution in [2.75, 3.05) is 23.7 Å². The first-order chi connectivity index (χ1) is 16.9. The minimum atomic E-state index is -3.55. The summed E-state index contributed by atoms with van der Waals surface area (Å²) in [6.45, 7) is 8.90. The molecule has 0 aliphatic rings. The van der Waals surface area contributed by atoms with Crippen LogP contribution >= 0.6 is 11.6 Å². The number of hydrogen-bond acceptors (Lipinski definition) is 4. The Morgan fingerprint density at radius 3 is 2.25 bits per heavy atom. The van der Waals surface area contributed by atoms with E-state index in [0.29, 0.717) is 42.6 Å². The van der Waals surface area contributed by atoms with Gasteiger partial charge in [0.25, 0.3) is 0 Å². The Hall–Kier alpha value is -2.58. The zero-order chi connectivity index (χ0) is 26.9. The number of hydrogen-bond donors (Lipinski definition) is 1. The van der Waals surface area contributed by atoms with Crippen molar-refractivity contribution < 1.29 is 18.0 Å². The van der Waals surface area contributed by atoms with Crippen molar-refractivity contribution in [3.05, 3.63) is 64.7 Å².